The van der Waals surface area contributed by atoms with Gasteiger partial charge in [-0.15, -0.1) is 0 Å². The average Bonchev–Trinajstić information content (AvgIpc) is 2.99. The van der Waals surface area contributed by atoms with Crippen LogP contribution in [0, 0.1) is 0 Å². The molecule has 2 aliphatic rings. The molecule has 4 nitrogen and oxygen atoms in total. The molecular weight excluding hydrogens is 310 g/mol. The first-order valence-electron chi connectivity index (χ1n) is 8.68. The van der Waals surface area contributed by atoms with Gasteiger partial charge in [-0.05, 0) is 43.6 Å². The second-order valence-corrected chi connectivity index (χ2v) is 7.02. The second-order valence-electron chi connectivity index (χ2n) is 6.59. The Kier molecular flexibility index (Phi) is 5.92. The fraction of sp³-hybridized carbons (Fsp3) is 0.611. The van der Waals surface area contributed by atoms with Gasteiger partial charge in [-0.2, -0.15) is 0 Å². The summed E-state index contributed by atoms with van der Waals surface area (Å²) < 4.78 is 0. The highest BCUT2D eigenvalue weighted by molar-refractivity contribution is 6.30. The molecule has 1 aromatic rings. The molecule has 0 aromatic heterocycles. The van der Waals surface area contributed by atoms with Crippen molar-refractivity contribution in [3.63, 3.8) is 0 Å². The van der Waals surface area contributed by atoms with Crippen molar-refractivity contribution in [1.82, 2.24) is 14.7 Å². The molecule has 2 fully saturated rings. The normalized spacial score (nSPS) is 20.9. The lowest BCUT2D eigenvalue weighted by atomic mass is 10.2. The Bertz CT molecular complexity index is 531. The maximum Gasteiger partial charge on any atom is 0.223 e. The van der Waals surface area contributed by atoms with E-state index in [-0.39, 0.29) is 0 Å². The maximum atomic E-state index is 12.3. The van der Waals surface area contributed by atoms with Crippen molar-refractivity contribution in [3.05, 3.63) is 34.9 Å². The van der Waals surface area contributed by atoms with Crippen molar-refractivity contribution in [2.75, 3.05) is 45.8 Å². The lowest BCUT2D eigenvalue weighted by Crippen LogP contribution is -2.39. The van der Waals surface area contributed by atoms with Gasteiger partial charge in [0.25, 0.3) is 0 Å². The van der Waals surface area contributed by atoms with Crippen LogP contribution in [-0.4, -0.2) is 66.4 Å². The van der Waals surface area contributed by atoms with Crippen LogP contribution >= 0.6 is 11.6 Å². The third-order valence-electron chi connectivity index (χ3n) is 4.86. The number of carbonyl (C=O) groups excluding carboxylic acids is 1. The minimum Gasteiger partial charge on any atom is -0.340 e. The number of benzene rings is 1. The van der Waals surface area contributed by atoms with Gasteiger partial charge < -0.3 is 9.80 Å². The monoisotopic (exact) mass is 335 g/mol. The van der Waals surface area contributed by atoms with Gasteiger partial charge >= 0.3 is 0 Å². The van der Waals surface area contributed by atoms with Gasteiger partial charge in [0.05, 0.1) is 0 Å². The van der Waals surface area contributed by atoms with Crippen LogP contribution < -0.4 is 0 Å². The smallest absolute Gasteiger partial charge is 0.223 e. The van der Waals surface area contributed by atoms with Crippen LogP contribution in [0.3, 0.4) is 0 Å². The summed E-state index contributed by atoms with van der Waals surface area (Å²) >= 11 is 6.06. The van der Waals surface area contributed by atoms with Gasteiger partial charge in [-0.1, -0.05) is 23.7 Å². The van der Waals surface area contributed by atoms with Crippen molar-refractivity contribution in [1.29, 1.82) is 0 Å². The van der Waals surface area contributed by atoms with Gasteiger partial charge in [-0.25, -0.2) is 0 Å². The Hall–Kier alpha value is -1.10. The van der Waals surface area contributed by atoms with Crippen molar-refractivity contribution in [2.45, 2.75) is 25.8 Å². The Labute approximate surface area is 144 Å². The zero-order valence-corrected chi connectivity index (χ0v) is 14.5. The van der Waals surface area contributed by atoms with E-state index in [1.54, 1.807) is 0 Å². The van der Waals surface area contributed by atoms with Crippen LogP contribution in [0.4, 0.5) is 0 Å². The predicted molar refractivity (Wildman–Crippen MR) is 93.6 cm³/mol. The predicted octanol–water partition coefficient (Wildman–Crippen LogP) is 2.47. The Morgan fingerprint density at radius 3 is 2.57 bits per heavy atom. The summed E-state index contributed by atoms with van der Waals surface area (Å²) in [6.45, 7) is 7.79. The largest absolute Gasteiger partial charge is 0.340 e. The van der Waals surface area contributed by atoms with Crippen LogP contribution in [-0.2, 0) is 11.3 Å². The third kappa shape index (κ3) is 4.93. The Balaban J connectivity index is 1.49. The van der Waals surface area contributed by atoms with Crippen LogP contribution in [0.1, 0.15) is 24.8 Å². The van der Waals surface area contributed by atoms with Gasteiger partial charge in [0, 0.05) is 50.7 Å². The summed E-state index contributed by atoms with van der Waals surface area (Å²) in [6, 6.07) is 8.00. The lowest BCUT2D eigenvalue weighted by molar-refractivity contribution is -0.130. The van der Waals surface area contributed by atoms with E-state index in [1.165, 1.54) is 31.5 Å². The SMILES string of the molecule is O=C1CCN(Cc2cccc(Cl)c2)CCN1CCN1CCCC1. The molecule has 2 aliphatic heterocycles. The highest BCUT2D eigenvalue weighted by atomic mass is 35.5. The highest BCUT2D eigenvalue weighted by Gasteiger charge is 2.22. The van der Waals surface area contributed by atoms with Crippen LogP contribution in [0.2, 0.25) is 5.02 Å². The third-order valence-corrected chi connectivity index (χ3v) is 5.10. The van der Waals surface area contributed by atoms with Crippen molar-refractivity contribution in [2.24, 2.45) is 0 Å². The van der Waals surface area contributed by atoms with Crippen molar-refractivity contribution < 1.29 is 4.79 Å². The van der Waals surface area contributed by atoms with E-state index in [4.69, 9.17) is 11.6 Å². The molecule has 2 heterocycles. The second kappa shape index (κ2) is 8.13. The van der Waals surface area contributed by atoms with E-state index in [9.17, 15) is 4.79 Å². The molecule has 3 rings (SSSR count). The van der Waals surface area contributed by atoms with Crippen LogP contribution in [0.15, 0.2) is 24.3 Å². The summed E-state index contributed by atoms with van der Waals surface area (Å²) in [6.07, 6.45) is 3.24. The molecule has 5 heteroatoms. The number of rotatable bonds is 5. The fourth-order valence-corrected chi connectivity index (χ4v) is 3.68. The van der Waals surface area contributed by atoms with E-state index < -0.39 is 0 Å². The highest BCUT2D eigenvalue weighted by Crippen LogP contribution is 2.15. The fourth-order valence-electron chi connectivity index (χ4n) is 3.47. The van der Waals surface area contributed by atoms with Crippen LogP contribution in [0.25, 0.3) is 0 Å². The molecule has 0 N–H and O–H groups in total. The molecular formula is C18H26ClN3O. The first-order valence-corrected chi connectivity index (χ1v) is 9.05. The average molecular weight is 336 g/mol. The summed E-state index contributed by atoms with van der Waals surface area (Å²) in [4.78, 5) is 19.2. The topological polar surface area (TPSA) is 26.8 Å². The number of halogens is 1. The summed E-state index contributed by atoms with van der Waals surface area (Å²) in [5, 5.41) is 0.778. The maximum absolute atomic E-state index is 12.3. The van der Waals surface area contributed by atoms with Gasteiger partial charge in [0.2, 0.25) is 5.91 Å². The Morgan fingerprint density at radius 1 is 0.957 bits per heavy atom. The van der Waals surface area contributed by atoms with Crippen molar-refractivity contribution in [3.8, 4) is 0 Å². The molecule has 0 aliphatic carbocycles. The van der Waals surface area contributed by atoms with Gasteiger partial charge in [-0.3, -0.25) is 9.69 Å². The van der Waals surface area contributed by atoms with Crippen LogP contribution in [0.5, 0.6) is 0 Å². The zero-order valence-electron chi connectivity index (χ0n) is 13.7. The molecule has 0 atom stereocenters. The number of carbonyl (C=O) groups is 1. The quantitative estimate of drug-likeness (QED) is 0.827. The minimum absolute atomic E-state index is 0.304. The number of nitrogens with zero attached hydrogens (tertiary/aromatic N) is 3. The lowest BCUT2D eigenvalue weighted by Gasteiger charge is -2.24. The van der Waals surface area contributed by atoms with E-state index in [0.717, 1.165) is 44.3 Å². The van der Waals surface area contributed by atoms with E-state index in [2.05, 4.69) is 20.8 Å². The summed E-state index contributed by atoms with van der Waals surface area (Å²) in [5.41, 5.74) is 1.22. The van der Waals surface area contributed by atoms with E-state index >= 15 is 0 Å². The van der Waals surface area contributed by atoms with E-state index in [0.29, 0.717) is 12.3 Å². The molecule has 126 valence electrons. The Morgan fingerprint density at radius 2 is 1.78 bits per heavy atom. The van der Waals surface area contributed by atoms with Gasteiger partial charge in [0.1, 0.15) is 0 Å². The minimum atomic E-state index is 0.304. The number of likely N-dealkylation sites (tertiary alicyclic amines) is 1. The molecule has 0 unspecified atom stereocenters. The van der Waals surface area contributed by atoms with Gasteiger partial charge in [0.15, 0.2) is 0 Å². The molecule has 0 bridgehead atoms. The standard InChI is InChI=1S/C18H26ClN3O/c19-17-5-3-4-16(14-17)15-21-9-6-18(23)22(13-11-21)12-10-20-7-1-2-8-20/h3-5,14H,1-2,6-13,15H2. The molecule has 0 spiro atoms. The summed E-state index contributed by atoms with van der Waals surface area (Å²) in [7, 11) is 0. The number of amides is 1. The molecule has 0 saturated carbocycles. The number of hydrogen-bond donors (Lipinski definition) is 0. The zero-order chi connectivity index (χ0) is 16.1. The number of hydrogen-bond acceptors (Lipinski definition) is 3. The molecule has 1 amide bonds. The summed E-state index contributed by atoms with van der Waals surface area (Å²) in [5.74, 6) is 0.304. The molecule has 2 saturated heterocycles. The molecule has 1 aromatic carbocycles. The van der Waals surface area contributed by atoms with E-state index in [1.807, 2.05) is 18.2 Å². The first kappa shape index (κ1) is 16.7. The molecule has 23 heavy (non-hydrogen) atoms. The van der Waals surface area contributed by atoms with Crippen molar-refractivity contribution >= 4 is 17.5 Å². The molecule has 0 radical (unpaired) electrons. The first-order chi connectivity index (χ1) is 11.2.